The number of alkyl halides is 3. The Balaban J connectivity index is 1.42. The molecule has 0 saturated carbocycles. The van der Waals surface area contributed by atoms with E-state index in [0.717, 1.165) is 17.3 Å². The number of aliphatic hydroxyl groups is 1. The first-order valence-electron chi connectivity index (χ1n) is 11.1. The van der Waals surface area contributed by atoms with Crippen molar-refractivity contribution in [1.29, 1.82) is 0 Å². The van der Waals surface area contributed by atoms with Crippen LogP contribution < -0.4 is 4.90 Å². The highest BCUT2D eigenvalue weighted by atomic mass is 19.4. The molecule has 3 heterocycles. The highest BCUT2D eigenvalue weighted by Gasteiger charge is 2.35. The number of imidazole rings is 1. The van der Waals surface area contributed by atoms with Gasteiger partial charge in [-0.3, -0.25) is 4.79 Å². The molecule has 7 nitrogen and oxygen atoms in total. The number of hydrogen-bond donors (Lipinski definition) is 3. The van der Waals surface area contributed by atoms with E-state index in [1.807, 2.05) is 25.1 Å². The molecule has 2 aromatic heterocycles. The van der Waals surface area contributed by atoms with Crippen LogP contribution in [0.4, 0.5) is 18.9 Å². The molecule has 2 atom stereocenters. The summed E-state index contributed by atoms with van der Waals surface area (Å²) in [4.78, 5) is 25.7. The van der Waals surface area contributed by atoms with E-state index >= 15 is 0 Å². The number of hydrogen-bond acceptors (Lipinski definition) is 5. The first-order chi connectivity index (χ1) is 16.7. The molecule has 35 heavy (non-hydrogen) atoms. The fourth-order valence-electron chi connectivity index (χ4n) is 4.42. The summed E-state index contributed by atoms with van der Waals surface area (Å²) in [6.45, 7) is 3.15. The molecule has 10 heteroatoms. The average Bonchev–Trinajstić information content (AvgIpc) is 3.49. The Morgan fingerprint density at radius 1 is 1.20 bits per heavy atom. The van der Waals surface area contributed by atoms with Crippen LogP contribution in [-0.2, 0) is 10.9 Å². The van der Waals surface area contributed by atoms with Crippen LogP contribution >= 0.6 is 0 Å². The topological polar surface area (TPSA) is 94.2 Å². The average molecular weight is 484 g/mol. The summed E-state index contributed by atoms with van der Waals surface area (Å²) >= 11 is 0. The zero-order chi connectivity index (χ0) is 24.7. The number of benzene rings is 2. The van der Waals surface area contributed by atoms with Gasteiger partial charge in [0.15, 0.2) is 11.6 Å². The number of nitrogens with zero attached hydrogens (tertiary/aromatic N) is 2. The molecule has 1 aliphatic rings. The van der Waals surface area contributed by atoms with E-state index in [9.17, 15) is 23.1 Å². The van der Waals surface area contributed by atoms with Gasteiger partial charge < -0.3 is 24.7 Å². The van der Waals surface area contributed by atoms with Crippen LogP contribution in [0.3, 0.4) is 0 Å². The third kappa shape index (κ3) is 4.54. The lowest BCUT2D eigenvalue weighted by Crippen LogP contribution is -2.48. The van der Waals surface area contributed by atoms with Crippen LogP contribution in [0.2, 0.25) is 0 Å². The molecule has 1 saturated heterocycles. The SMILES string of the molecule is C[C@@H]1CN(c2ccc3nc(-c4cc(C(=O)c5ccccc5C(F)(F)F)c[nH]4)[nH]c3c2)C[C@H](CO)O1. The zero-order valence-electron chi connectivity index (χ0n) is 18.8. The Kier molecular flexibility index (Phi) is 5.86. The minimum absolute atomic E-state index is 0.0220. The maximum Gasteiger partial charge on any atom is 0.417 e. The number of ether oxygens (including phenoxy) is 1. The molecular formula is C25H23F3N4O3. The third-order valence-corrected chi connectivity index (χ3v) is 6.04. The van der Waals surface area contributed by atoms with Crippen molar-refractivity contribution in [2.45, 2.75) is 25.3 Å². The lowest BCUT2D eigenvalue weighted by atomic mass is 9.99. The summed E-state index contributed by atoms with van der Waals surface area (Å²) in [5.74, 6) is -0.261. The number of aromatic nitrogens is 3. The highest BCUT2D eigenvalue weighted by molar-refractivity contribution is 6.10. The van der Waals surface area contributed by atoms with Crippen molar-refractivity contribution in [3.63, 3.8) is 0 Å². The molecule has 0 bridgehead atoms. The van der Waals surface area contributed by atoms with Gasteiger partial charge in [0.25, 0.3) is 0 Å². The lowest BCUT2D eigenvalue weighted by Gasteiger charge is -2.37. The third-order valence-electron chi connectivity index (χ3n) is 6.04. The Morgan fingerprint density at radius 3 is 2.77 bits per heavy atom. The lowest BCUT2D eigenvalue weighted by molar-refractivity contribution is -0.137. The number of anilines is 1. The summed E-state index contributed by atoms with van der Waals surface area (Å²) in [5, 5.41) is 9.49. The van der Waals surface area contributed by atoms with Gasteiger partial charge in [0.05, 0.1) is 41.1 Å². The van der Waals surface area contributed by atoms with Crippen LogP contribution in [0.25, 0.3) is 22.6 Å². The number of fused-ring (bicyclic) bond motifs is 1. The van der Waals surface area contributed by atoms with Crippen LogP contribution in [0.5, 0.6) is 0 Å². The maximum atomic E-state index is 13.3. The van der Waals surface area contributed by atoms with Gasteiger partial charge in [0.2, 0.25) is 0 Å². The Hall–Kier alpha value is -3.63. The van der Waals surface area contributed by atoms with E-state index in [1.165, 1.54) is 30.5 Å². The Labute approximate surface area is 198 Å². The molecule has 5 rings (SSSR count). The molecule has 0 spiro atoms. The maximum absolute atomic E-state index is 13.3. The minimum Gasteiger partial charge on any atom is -0.394 e. The molecule has 1 fully saturated rings. The second-order valence-corrected chi connectivity index (χ2v) is 8.62. The van der Waals surface area contributed by atoms with Gasteiger partial charge in [-0.05, 0) is 37.3 Å². The molecule has 0 radical (unpaired) electrons. The van der Waals surface area contributed by atoms with Crippen molar-refractivity contribution in [2.24, 2.45) is 0 Å². The first-order valence-corrected chi connectivity index (χ1v) is 11.1. The predicted octanol–water partition coefficient (Wildman–Crippen LogP) is 4.39. The second-order valence-electron chi connectivity index (χ2n) is 8.62. The van der Waals surface area contributed by atoms with Gasteiger partial charge in [-0.15, -0.1) is 0 Å². The van der Waals surface area contributed by atoms with Gasteiger partial charge in [0, 0.05) is 36.1 Å². The van der Waals surface area contributed by atoms with Gasteiger partial charge in [-0.1, -0.05) is 18.2 Å². The number of rotatable bonds is 5. The fourth-order valence-corrected chi connectivity index (χ4v) is 4.42. The number of aliphatic hydroxyl groups excluding tert-OH is 1. The van der Waals surface area contributed by atoms with E-state index in [0.29, 0.717) is 30.1 Å². The van der Waals surface area contributed by atoms with E-state index in [2.05, 4.69) is 19.9 Å². The summed E-state index contributed by atoms with van der Waals surface area (Å²) in [6.07, 6.45) is -3.53. The summed E-state index contributed by atoms with van der Waals surface area (Å²) in [5.41, 5.74) is 1.64. The largest absolute Gasteiger partial charge is 0.417 e. The number of nitrogens with one attached hydrogen (secondary N) is 2. The molecule has 1 aliphatic heterocycles. The predicted molar refractivity (Wildman–Crippen MR) is 124 cm³/mol. The molecule has 4 aromatic rings. The molecule has 3 N–H and O–H groups in total. The smallest absolute Gasteiger partial charge is 0.394 e. The first kappa shape index (κ1) is 23.1. The van der Waals surface area contributed by atoms with Crippen molar-refractivity contribution in [3.8, 4) is 11.5 Å². The van der Waals surface area contributed by atoms with Gasteiger partial charge >= 0.3 is 6.18 Å². The normalized spacial score (nSPS) is 18.8. The van der Waals surface area contributed by atoms with Crippen LogP contribution in [0, 0.1) is 0 Å². The number of ketones is 1. The van der Waals surface area contributed by atoms with E-state index < -0.39 is 23.1 Å². The van der Waals surface area contributed by atoms with Gasteiger partial charge in [-0.25, -0.2) is 4.98 Å². The molecule has 0 amide bonds. The van der Waals surface area contributed by atoms with Crippen LogP contribution in [-0.4, -0.2) is 57.7 Å². The Morgan fingerprint density at radius 2 is 2.00 bits per heavy atom. The van der Waals surface area contributed by atoms with Crippen molar-refractivity contribution in [3.05, 3.63) is 71.4 Å². The number of H-pyrrole nitrogens is 2. The zero-order valence-corrected chi connectivity index (χ0v) is 18.8. The van der Waals surface area contributed by atoms with Crippen molar-refractivity contribution >= 4 is 22.5 Å². The van der Waals surface area contributed by atoms with E-state index in [1.54, 1.807) is 0 Å². The number of morpholine rings is 1. The van der Waals surface area contributed by atoms with Crippen LogP contribution in [0.15, 0.2) is 54.7 Å². The Bertz CT molecular complexity index is 1380. The number of halogens is 3. The quantitative estimate of drug-likeness (QED) is 0.365. The van der Waals surface area contributed by atoms with E-state index in [4.69, 9.17) is 4.74 Å². The van der Waals surface area contributed by atoms with Crippen molar-refractivity contribution in [1.82, 2.24) is 15.0 Å². The summed E-state index contributed by atoms with van der Waals surface area (Å²) < 4.78 is 45.7. The molecule has 2 aromatic carbocycles. The molecule has 182 valence electrons. The summed E-state index contributed by atoms with van der Waals surface area (Å²) in [7, 11) is 0. The van der Waals surface area contributed by atoms with E-state index in [-0.39, 0.29) is 24.4 Å². The van der Waals surface area contributed by atoms with Gasteiger partial charge in [0.1, 0.15) is 0 Å². The van der Waals surface area contributed by atoms with Crippen molar-refractivity contribution < 1.29 is 27.8 Å². The highest BCUT2D eigenvalue weighted by Crippen LogP contribution is 2.33. The van der Waals surface area contributed by atoms with Crippen molar-refractivity contribution in [2.75, 3.05) is 24.6 Å². The number of carbonyl (C=O) groups excluding carboxylic acids is 1. The number of carbonyl (C=O) groups is 1. The molecular weight excluding hydrogens is 461 g/mol. The van der Waals surface area contributed by atoms with Crippen LogP contribution in [0.1, 0.15) is 28.4 Å². The number of aromatic amines is 2. The minimum atomic E-state index is -4.63. The molecule has 0 unspecified atom stereocenters. The van der Waals surface area contributed by atoms with Gasteiger partial charge in [-0.2, -0.15) is 13.2 Å². The standard InChI is InChI=1S/C25H23F3N4O3/c1-14-11-32(12-17(13-33)35-14)16-6-7-20-21(9-16)31-24(30-20)22-8-15(10-29-22)23(34)18-4-2-3-5-19(18)25(26,27)28/h2-10,14,17,29,33H,11-13H2,1H3,(H,30,31)/t14-,17-/m1/s1. The molecule has 0 aliphatic carbocycles. The fraction of sp³-hybridized carbons (Fsp3) is 0.280. The summed E-state index contributed by atoms with van der Waals surface area (Å²) in [6, 6.07) is 12.0. The monoisotopic (exact) mass is 484 g/mol. The second kappa shape index (κ2) is 8.86.